The minimum Gasteiger partial charge on any atom is -0.456 e. The van der Waals surface area contributed by atoms with Crippen LogP contribution >= 0.6 is 0 Å². The van der Waals surface area contributed by atoms with Crippen LogP contribution in [0, 0.1) is 11.6 Å². The smallest absolute Gasteiger partial charge is 0.338 e. The summed E-state index contributed by atoms with van der Waals surface area (Å²) in [4.78, 5) is 12.7. The summed E-state index contributed by atoms with van der Waals surface area (Å²) >= 11 is 0. The third-order valence-corrected chi connectivity index (χ3v) is 3.59. The first kappa shape index (κ1) is 17.0. The number of fused-ring (bicyclic) bond motifs is 1. The molecule has 1 atom stereocenters. The number of nitrogens with one attached hydrogen (secondary N) is 1. The molecule has 25 heavy (non-hydrogen) atoms. The molecule has 1 aromatic carbocycles. The van der Waals surface area contributed by atoms with E-state index in [1.54, 1.807) is 27.7 Å². The van der Waals surface area contributed by atoms with Crippen molar-refractivity contribution >= 4 is 11.9 Å². The van der Waals surface area contributed by atoms with Crippen molar-refractivity contribution in [2.45, 2.75) is 39.3 Å². The number of ether oxygens (including phenoxy) is 1. The van der Waals surface area contributed by atoms with Crippen LogP contribution in [0.4, 0.5) is 14.7 Å². The summed E-state index contributed by atoms with van der Waals surface area (Å²) in [6, 6.07) is 2.57. The second-order valence-corrected chi connectivity index (χ2v) is 6.69. The van der Waals surface area contributed by atoms with Crippen molar-refractivity contribution in [2.24, 2.45) is 0 Å². The molecule has 1 aromatic heterocycles. The second kappa shape index (κ2) is 5.91. The number of carbonyl (C=O) groups excluding carboxylic acids is 1. The fraction of sp³-hybridized carbons (Fsp3) is 0.375. The van der Waals surface area contributed by atoms with Crippen LogP contribution in [0.1, 0.15) is 39.3 Å². The zero-order valence-corrected chi connectivity index (χ0v) is 14.2. The van der Waals surface area contributed by atoms with Crippen LogP contribution in [0.2, 0.25) is 0 Å². The number of benzene rings is 1. The van der Waals surface area contributed by atoms with E-state index in [1.165, 1.54) is 10.7 Å². The Bertz CT molecular complexity index is 870. The van der Waals surface area contributed by atoms with Gasteiger partial charge in [-0.25, -0.2) is 13.6 Å². The average Bonchev–Trinajstić information content (AvgIpc) is 2.94. The van der Waals surface area contributed by atoms with Crippen molar-refractivity contribution in [3.8, 4) is 0 Å². The molecule has 0 saturated carbocycles. The number of rotatable bonds is 2. The van der Waals surface area contributed by atoms with Gasteiger partial charge in [0, 0.05) is 5.70 Å². The molecule has 9 heteroatoms. The van der Waals surface area contributed by atoms with Gasteiger partial charge in [-0.15, -0.1) is 0 Å². The first-order chi connectivity index (χ1) is 11.7. The number of allylic oxidation sites excluding steroid dienone is 1. The quantitative estimate of drug-likeness (QED) is 0.839. The molecule has 0 amide bonds. The van der Waals surface area contributed by atoms with Crippen molar-refractivity contribution in [2.75, 3.05) is 5.32 Å². The molecule has 2 heterocycles. The van der Waals surface area contributed by atoms with E-state index in [0.29, 0.717) is 17.2 Å². The summed E-state index contributed by atoms with van der Waals surface area (Å²) in [6.45, 7) is 6.90. The highest BCUT2D eigenvalue weighted by Gasteiger charge is 2.36. The lowest BCUT2D eigenvalue weighted by Crippen LogP contribution is -2.33. The van der Waals surface area contributed by atoms with Gasteiger partial charge in [-0.1, -0.05) is 11.2 Å². The van der Waals surface area contributed by atoms with Crippen LogP contribution in [-0.4, -0.2) is 31.8 Å². The molecule has 0 saturated heterocycles. The van der Waals surface area contributed by atoms with E-state index in [2.05, 4.69) is 20.8 Å². The second-order valence-electron chi connectivity index (χ2n) is 6.69. The number of anilines is 1. The molecule has 0 aliphatic carbocycles. The van der Waals surface area contributed by atoms with Gasteiger partial charge in [0.25, 0.3) is 0 Å². The third-order valence-electron chi connectivity index (χ3n) is 3.59. The lowest BCUT2D eigenvalue weighted by atomic mass is 9.95. The predicted molar refractivity (Wildman–Crippen MR) is 84.5 cm³/mol. The van der Waals surface area contributed by atoms with Gasteiger partial charge in [0.15, 0.2) is 11.6 Å². The normalized spacial score (nSPS) is 17.1. The highest BCUT2D eigenvalue weighted by molar-refractivity contribution is 5.92. The number of hydrogen-bond acceptors (Lipinski definition) is 6. The lowest BCUT2D eigenvalue weighted by Gasteiger charge is -2.29. The molecule has 0 bridgehead atoms. The van der Waals surface area contributed by atoms with Crippen molar-refractivity contribution in [3.05, 3.63) is 46.7 Å². The maximum absolute atomic E-state index is 13.7. The molecule has 0 fully saturated rings. The Morgan fingerprint density at radius 1 is 1.28 bits per heavy atom. The van der Waals surface area contributed by atoms with Crippen LogP contribution in [0.15, 0.2) is 29.5 Å². The van der Waals surface area contributed by atoms with E-state index >= 15 is 0 Å². The number of aromatic nitrogens is 4. The Morgan fingerprint density at radius 2 is 2.00 bits per heavy atom. The average molecular weight is 349 g/mol. The fourth-order valence-electron chi connectivity index (χ4n) is 2.60. The van der Waals surface area contributed by atoms with Crippen molar-refractivity contribution in [1.82, 2.24) is 20.2 Å². The van der Waals surface area contributed by atoms with Gasteiger partial charge in [-0.05, 0) is 55.8 Å². The molecule has 0 spiro atoms. The monoisotopic (exact) mass is 349 g/mol. The Labute approximate surface area is 142 Å². The summed E-state index contributed by atoms with van der Waals surface area (Å²) in [5.74, 6) is -2.30. The third kappa shape index (κ3) is 3.21. The summed E-state index contributed by atoms with van der Waals surface area (Å²) in [5.41, 5.74) is 0.310. The van der Waals surface area contributed by atoms with Crippen LogP contribution in [-0.2, 0) is 9.53 Å². The van der Waals surface area contributed by atoms with Gasteiger partial charge in [0.1, 0.15) is 11.6 Å². The topological polar surface area (TPSA) is 81.9 Å². The zero-order chi connectivity index (χ0) is 18.4. The summed E-state index contributed by atoms with van der Waals surface area (Å²) < 4.78 is 33.9. The van der Waals surface area contributed by atoms with Gasteiger partial charge < -0.3 is 10.1 Å². The summed E-state index contributed by atoms with van der Waals surface area (Å²) in [7, 11) is 0. The number of esters is 1. The number of tetrazole rings is 1. The number of nitrogens with zero attached hydrogens (tertiary/aromatic N) is 4. The number of halogens is 2. The van der Waals surface area contributed by atoms with Gasteiger partial charge in [0.2, 0.25) is 5.95 Å². The molecule has 1 unspecified atom stereocenters. The SMILES string of the molecule is CC1=C(C(=O)OC(C)(C)C)C(c2ccc(F)c(F)c2)n2nnnc2N1. The number of hydrogen-bond donors (Lipinski definition) is 1. The van der Waals surface area contributed by atoms with Gasteiger partial charge >= 0.3 is 5.97 Å². The van der Waals surface area contributed by atoms with Crippen LogP contribution in [0.25, 0.3) is 0 Å². The van der Waals surface area contributed by atoms with Crippen LogP contribution in [0.3, 0.4) is 0 Å². The Kier molecular flexibility index (Phi) is 4.02. The predicted octanol–water partition coefficient (Wildman–Crippen LogP) is 2.58. The Morgan fingerprint density at radius 3 is 2.64 bits per heavy atom. The maximum atomic E-state index is 13.7. The van der Waals surface area contributed by atoms with Crippen molar-refractivity contribution < 1.29 is 18.3 Å². The Hall–Kier alpha value is -2.84. The van der Waals surface area contributed by atoms with E-state index in [1.807, 2.05) is 0 Å². The van der Waals surface area contributed by atoms with Crippen molar-refractivity contribution in [3.63, 3.8) is 0 Å². The Balaban J connectivity index is 2.13. The molecule has 1 N–H and O–H groups in total. The minimum atomic E-state index is -1.02. The van der Waals surface area contributed by atoms with E-state index in [-0.39, 0.29) is 5.57 Å². The first-order valence-electron chi connectivity index (χ1n) is 7.61. The van der Waals surface area contributed by atoms with Crippen LogP contribution < -0.4 is 5.32 Å². The molecule has 1 aliphatic heterocycles. The molecule has 7 nitrogen and oxygen atoms in total. The summed E-state index contributed by atoms with van der Waals surface area (Å²) in [6.07, 6.45) is 0. The standard InChI is InChI=1S/C16H17F2N5O2/c1-8-12(14(24)25-16(2,3)4)13(23-15(19-8)20-21-22-23)9-5-6-10(17)11(18)7-9/h5-7,13H,1-4H3,(H,19,20,22). The van der Waals surface area contributed by atoms with E-state index in [4.69, 9.17) is 4.74 Å². The van der Waals surface area contributed by atoms with Crippen molar-refractivity contribution in [1.29, 1.82) is 0 Å². The lowest BCUT2D eigenvalue weighted by molar-refractivity contribution is -0.150. The van der Waals surface area contributed by atoms with E-state index < -0.39 is 29.2 Å². The maximum Gasteiger partial charge on any atom is 0.338 e. The molecule has 3 rings (SSSR count). The largest absolute Gasteiger partial charge is 0.456 e. The molecule has 1 aliphatic rings. The molecule has 132 valence electrons. The minimum absolute atomic E-state index is 0.223. The van der Waals surface area contributed by atoms with Gasteiger partial charge in [-0.3, -0.25) is 0 Å². The van der Waals surface area contributed by atoms with Gasteiger partial charge in [-0.2, -0.15) is 4.68 Å². The van der Waals surface area contributed by atoms with E-state index in [9.17, 15) is 13.6 Å². The zero-order valence-electron chi connectivity index (χ0n) is 14.2. The highest BCUT2D eigenvalue weighted by Crippen LogP contribution is 2.35. The molecule has 2 aromatic rings. The molecular formula is C16H17F2N5O2. The number of carbonyl (C=O) groups is 1. The van der Waals surface area contributed by atoms with Crippen LogP contribution in [0.5, 0.6) is 0 Å². The van der Waals surface area contributed by atoms with Gasteiger partial charge in [0.05, 0.1) is 5.57 Å². The first-order valence-corrected chi connectivity index (χ1v) is 7.61. The molecular weight excluding hydrogens is 332 g/mol. The van der Waals surface area contributed by atoms with E-state index in [0.717, 1.165) is 12.1 Å². The summed E-state index contributed by atoms with van der Waals surface area (Å²) in [5, 5.41) is 14.2. The molecule has 0 radical (unpaired) electrons. The fourth-order valence-corrected chi connectivity index (χ4v) is 2.60. The highest BCUT2D eigenvalue weighted by atomic mass is 19.2.